The molecule has 0 radical (unpaired) electrons. The lowest BCUT2D eigenvalue weighted by Crippen LogP contribution is -2.54. The fraction of sp³-hybridized carbons (Fsp3) is 0.500. The van der Waals surface area contributed by atoms with Crippen LogP contribution in [0.2, 0.25) is 0 Å². The molecule has 1 aromatic carbocycles. The first-order chi connectivity index (χ1) is 17.5. The highest BCUT2D eigenvalue weighted by molar-refractivity contribution is 7.91. The molecule has 1 aliphatic heterocycles. The second kappa shape index (κ2) is 11.1. The van der Waals surface area contributed by atoms with Crippen LogP contribution in [-0.2, 0) is 20.4 Å². The molecule has 0 unspecified atom stereocenters. The smallest absolute Gasteiger partial charge is 0.369 e. The van der Waals surface area contributed by atoms with Gasteiger partial charge in [-0.05, 0) is 29.5 Å². The van der Waals surface area contributed by atoms with Crippen molar-refractivity contribution < 1.29 is 44.6 Å². The zero-order valence-electron chi connectivity index (χ0n) is 20.6. The maximum absolute atomic E-state index is 13.5. The number of sulfonamides is 1. The van der Waals surface area contributed by atoms with Crippen LogP contribution in [0.4, 0.5) is 32.0 Å². The number of thiophene rings is 1. The van der Waals surface area contributed by atoms with Crippen molar-refractivity contribution in [2.24, 2.45) is 5.92 Å². The molecule has 1 saturated heterocycles. The first kappa shape index (κ1) is 30.2. The Hall–Kier alpha value is -2.31. The summed E-state index contributed by atoms with van der Waals surface area (Å²) in [6.45, 7) is 3.85. The number of halogens is 6. The van der Waals surface area contributed by atoms with Crippen LogP contribution >= 0.6 is 11.3 Å². The Morgan fingerprint density at radius 2 is 1.63 bits per heavy atom. The van der Waals surface area contributed by atoms with Crippen molar-refractivity contribution >= 4 is 27.0 Å². The van der Waals surface area contributed by atoms with E-state index in [0.29, 0.717) is 12.1 Å². The van der Waals surface area contributed by atoms with E-state index in [1.165, 1.54) is 17.5 Å². The molecule has 1 N–H and O–H groups in total. The maximum atomic E-state index is 13.5. The third-order valence-corrected chi connectivity index (χ3v) is 9.38. The van der Waals surface area contributed by atoms with E-state index in [9.17, 15) is 39.9 Å². The molecule has 3 rings (SSSR count). The number of rotatable bonds is 6. The molecule has 0 saturated carbocycles. The molecule has 2 aromatic rings. The van der Waals surface area contributed by atoms with Crippen molar-refractivity contribution in [2.45, 2.75) is 42.1 Å². The van der Waals surface area contributed by atoms with Gasteiger partial charge in [-0.25, -0.2) is 8.42 Å². The van der Waals surface area contributed by atoms with Crippen molar-refractivity contribution in [3.05, 3.63) is 46.8 Å². The number of benzene rings is 1. The van der Waals surface area contributed by atoms with Gasteiger partial charge >= 0.3 is 12.4 Å². The third-order valence-electron chi connectivity index (χ3n) is 6.11. The lowest BCUT2D eigenvalue weighted by Gasteiger charge is -2.36. The molecule has 1 fully saturated rings. The number of nitrogens with zero attached hydrogens (tertiary/aromatic N) is 2. The predicted octanol–water partition coefficient (Wildman–Crippen LogP) is 4.59. The SMILES string of the molecule is CO[C@@H](C#Cc1cc(C(O)(C(F)(F)F)C(F)(F)F)ccc1N1CCN(S(=O)(=O)c2cccs2)CC1)C(C)C. The molecule has 2 heterocycles. The standard InChI is InChI=1S/C24H26F6N2O4S2/c1-16(2)20(36-3)9-6-17-15-18(22(33,23(25,26)27)24(28,29)30)7-8-19(17)31-10-12-32(13-11-31)38(34,35)21-5-4-14-37-21/h4-5,7-8,14-16,20,33H,10-13H2,1-3H3/t20-/m0/s1. The fourth-order valence-corrected chi connectivity index (χ4v) is 6.55. The maximum Gasteiger partial charge on any atom is 0.430 e. The summed E-state index contributed by atoms with van der Waals surface area (Å²) in [6, 6.07) is 5.25. The van der Waals surface area contributed by atoms with Crippen molar-refractivity contribution in [1.29, 1.82) is 0 Å². The van der Waals surface area contributed by atoms with E-state index in [1.807, 2.05) is 0 Å². The Balaban J connectivity index is 2.02. The van der Waals surface area contributed by atoms with E-state index in [4.69, 9.17) is 4.74 Å². The molecule has 38 heavy (non-hydrogen) atoms. The molecule has 0 bridgehead atoms. The van der Waals surface area contributed by atoms with Gasteiger partial charge in [0.2, 0.25) is 0 Å². The van der Waals surface area contributed by atoms with Crippen molar-refractivity contribution in [2.75, 3.05) is 38.2 Å². The van der Waals surface area contributed by atoms with Crippen LogP contribution in [0.3, 0.4) is 0 Å². The van der Waals surface area contributed by atoms with Crippen LogP contribution in [0.25, 0.3) is 0 Å². The minimum atomic E-state index is -6.05. The van der Waals surface area contributed by atoms with Crippen molar-refractivity contribution in [3.8, 4) is 11.8 Å². The lowest BCUT2D eigenvalue weighted by molar-refractivity contribution is -0.376. The normalized spacial score (nSPS) is 16.9. The van der Waals surface area contributed by atoms with Crippen LogP contribution in [-0.4, -0.2) is 69.6 Å². The van der Waals surface area contributed by atoms with E-state index in [-0.39, 0.29) is 47.6 Å². The van der Waals surface area contributed by atoms with Crippen LogP contribution in [0.1, 0.15) is 25.0 Å². The molecule has 1 atom stereocenters. The summed E-state index contributed by atoms with van der Waals surface area (Å²) in [5.74, 6) is 5.22. The van der Waals surface area contributed by atoms with Crippen LogP contribution in [0, 0.1) is 17.8 Å². The van der Waals surface area contributed by atoms with Gasteiger partial charge in [0.05, 0.1) is 5.69 Å². The van der Waals surface area contributed by atoms with E-state index in [1.54, 1.807) is 30.2 Å². The highest BCUT2D eigenvalue weighted by Crippen LogP contribution is 2.50. The first-order valence-electron chi connectivity index (χ1n) is 11.4. The van der Waals surface area contributed by atoms with E-state index in [0.717, 1.165) is 17.4 Å². The molecule has 1 aliphatic rings. The number of ether oxygens (including phenoxy) is 1. The van der Waals surface area contributed by atoms with Crippen LogP contribution < -0.4 is 4.90 Å². The van der Waals surface area contributed by atoms with Gasteiger partial charge in [0.15, 0.2) is 0 Å². The number of methoxy groups -OCH3 is 1. The quantitative estimate of drug-likeness (QED) is 0.398. The number of aliphatic hydroxyl groups is 1. The number of piperazine rings is 1. The van der Waals surface area contributed by atoms with Gasteiger partial charge in [-0.1, -0.05) is 37.8 Å². The summed E-state index contributed by atoms with van der Waals surface area (Å²) >= 11 is 1.06. The summed E-state index contributed by atoms with van der Waals surface area (Å²) in [4.78, 5) is 1.63. The molecular weight excluding hydrogens is 558 g/mol. The van der Waals surface area contributed by atoms with Crippen molar-refractivity contribution in [1.82, 2.24) is 4.31 Å². The van der Waals surface area contributed by atoms with Crippen molar-refractivity contribution in [3.63, 3.8) is 0 Å². The van der Waals surface area contributed by atoms with Gasteiger partial charge < -0.3 is 14.7 Å². The second-order valence-electron chi connectivity index (χ2n) is 8.93. The molecule has 0 spiro atoms. The predicted molar refractivity (Wildman–Crippen MR) is 130 cm³/mol. The first-order valence-corrected chi connectivity index (χ1v) is 13.7. The van der Waals surface area contributed by atoms with E-state index < -0.39 is 39.6 Å². The van der Waals surface area contributed by atoms with Gasteiger partial charge in [-0.15, -0.1) is 11.3 Å². The molecule has 14 heteroatoms. The number of alkyl halides is 6. The van der Waals surface area contributed by atoms with Crippen LogP contribution in [0.5, 0.6) is 0 Å². The topological polar surface area (TPSA) is 70.1 Å². The van der Waals surface area contributed by atoms with Gasteiger partial charge in [-0.2, -0.15) is 30.6 Å². The highest BCUT2D eigenvalue weighted by Gasteiger charge is 2.71. The minimum absolute atomic E-state index is 0.0383. The van der Waals surface area contributed by atoms with Gasteiger partial charge in [0, 0.05) is 44.4 Å². The number of hydrogen-bond acceptors (Lipinski definition) is 6. The summed E-state index contributed by atoms with van der Waals surface area (Å²) in [6.07, 6.45) is -12.8. The van der Waals surface area contributed by atoms with Gasteiger partial charge in [0.1, 0.15) is 10.3 Å². The zero-order chi connectivity index (χ0) is 28.5. The Labute approximate surface area is 220 Å². The van der Waals surface area contributed by atoms with E-state index >= 15 is 0 Å². The Morgan fingerprint density at radius 3 is 2.11 bits per heavy atom. The number of anilines is 1. The third kappa shape index (κ3) is 5.81. The molecule has 1 aromatic heterocycles. The summed E-state index contributed by atoms with van der Waals surface area (Å²) < 4.78 is 113. The summed E-state index contributed by atoms with van der Waals surface area (Å²) in [5.41, 5.74) is -6.52. The zero-order valence-corrected chi connectivity index (χ0v) is 22.2. The van der Waals surface area contributed by atoms with Gasteiger partial charge in [-0.3, -0.25) is 0 Å². The lowest BCUT2D eigenvalue weighted by atomic mass is 9.90. The number of hydrogen-bond donors (Lipinski definition) is 1. The van der Waals surface area contributed by atoms with E-state index in [2.05, 4.69) is 11.8 Å². The largest absolute Gasteiger partial charge is 0.430 e. The highest BCUT2D eigenvalue weighted by atomic mass is 32.2. The molecule has 0 amide bonds. The monoisotopic (exact) mass is 584 g/mol. The Morgan fingerprint density at radius 1 is 1.03 bits per heavy atom. The fourth-order valence-electron chi connectivity index (χ4n) is 3.98. The molecule has 6 nitrogen and oxygen atoms in total. The summed E-state index contributed by atoms with van der Waals surface area (Å²) in [5, 5.41) is 11.5. The average Bonchev–Trinajstić information content (AvgIpc) is 3.38. The molecule has 0 aliphatic carbocycles. The second-order valence-corrected chi connectivity index (χ2v) is 12.0. The Bertz CT molecular complexity index is 1260. The van der Waals surface area contributed by atoms with Crippen LogP contribution in [0.15, 0.2) is 39.9 Å². The summed E-state index contributed by atoms with van der Waals surface area (Å²) in [7, 11) is -2.36. The van der Waals surface area contributed by atoms with Gasteiger partial charge in [0.25, 0.3) is 15.6 Å². The Kier molecular flexibility index (Phi) is 8.79. The molecular formula is C24H26F6N2O4S2. The minimum Gasteiger partial charge on any atom is -0.369 e. The average molecular weight is 585 g/mol. The molecule has 210 valence electrons.